The molecule has 0 aromatic carbocycles. The van der Waals surface area contributed by atoms with Gasteiger partial charge in [0.2, 0.25) is 0 Å². The Kier molecular flexibility index (Phi) is 3.30. The van der Waals surface area contributed by atoms with Crippen molar-refractivity contribution in [2.75, 3.05) is 5.73 Å². The van der Waals surface area contributed by atoms with Gasteiger partial charge < -0.3 is 15.4 Å². The van der Waals surface area contributed by atoms with Crippen LogP contribution in [-0.2, 0) is 12.1 Å². The molecule has 2 atom stereocenters. The van der Waals surface area contributed by atoms with Gasteiger partial charge in [-0.3, -0.25) is 0 Å². The average molecular weight is 285 g/mol. The molecule has 0 amide bonds. The van der Waals surface area contributed by atoms with Crippen molar-refractivity contribution in [3.63, 3.8) is 0 Å². The van der Waals surface area contributed by atoms with Crippen molar-refractivity contribution in [2.24, 2.45) is 5.92 Å². The number of terminal acetylenes is 1. The molecule has 1 aliphatic rings. The van der Waals surface area contributed by atoms with Gasteiger partial charge in [0.05, 0.1) is 12.9 Å². The summed E-state index contributed by atoms with van der Waals surface area (Å²) in [5.74, 6) is 3.68. The number of aliphatic hydroxyl groups is 1. The monoisotopic (exact) mass is 285 g/mol. The molecule has 0 spiro atoms. The highest BCUT2D eigenvalue weighted by molar-refractivity contribution is 5.81. The zero-order chi connectivity index (χ0) is 15.0. The minimum Gasteiger partial charge on any atom is -0.382 e. The second-order valence-electron chi connectivity index (χ2n) is 5.91. The first-order valence-corrected chi connectivity index (χ1v) is 7.18. The molecule has 0 bridgehead atoms. The van der Waals surface area contributed by atoms with Crippen LogP contribution in [0.1, 0.15) is 38.4 Å². The maximum absolute atomic E-state index is 10.9. The average Bonchev–Trinajstić information content (AvgIpc) is 2.83. The molecule has 2 aromatic rings. The van der Waals surface area contributed by atoms with E-state index >= 15 is 0 Å². The van der Waals surface area contributed by atoms with Crippen LogP contribution in [0.15, 0.2) is 6.33 Å². The summed E-state index contributed by atoms with van der Waals surface area (Å²) in [5.41, 5.74) is 6.08. The molecule has 0 aliphatic heterocycles. The molecule has 1 saturated carbocycles. The smallest absolute Gasteiger partial charge is 0.166 e. The summed E-state index contributed by atoms with van der Waals surface area (Å²) in [6.45, 7) is 2.50. The molecule has 6 heteroatoms. The second kappa shape index (κ2) is 5.01. The lowest BCUT2D eigenvalue weighted by Gasteiger charge is -2.34. The molecule has 0 saturated heterocycles. The van der Waals surface area contributed by atoms with E-state index < -0.39 is 5.60 Å². The molecule has 2 heterocycles. The Bertz CT molecular complexity index is 717. The third-order valence-corrected chi connectivity index (χ3v) is 4.14. The van der Waals surface area contributed by atoms with Gasteiger partial charge in [0.15, 0.2) is 17.3 Å². The lowest BCUT2D eigenvalue weighted by Crippen LogP contribution is -2.34. The van der Waals surface area contributed by atoms with Crippen molar-refractivity contribution in [1.29, 1.82) is 0 Å². The number of rotatable bonds is 2. The Labute approximate surface area is 123 Å². The van der Waals surface area contributed by atoms with E-state index in [4.69, 9.17) is 12.2 Å². The number of hydrogen-bond acceptors (Lipinski definition) is 5. The minimum absolute atomic E-state index is 0.289. The Hall–Kier alpha value is -2.13. The Morgan fingerprint density at radius 2 is 2.38 bits per heavy atom. The molecule has 3 N–H and O–H groups in total. The van der Waals surface area contributed by atoms with Crippen LogP contribution in [0.5, 0.6) is 0 Å². The number of anilines is 1. The van der Waals surface area contributed by atoms with Gasteiger partial charge in [-0.05, 0) is 25.2 Å². The largest absolute Gasteiger partial charge is 0.382 e. The lowest BCUT2D eigenvalue weighted by molar-refractivity contribution is -0.0252. The highest BCUT2D eigenvalue weighted by atomic mass is 16.3. The van der Waals surface area contributed by atoms with E-state index in [1.54, 1.807) is 10.9 Å². The van der Waals surface area contributed by atoms with Crippen molar-refractivity contribution in [3.8, 4) is 12.3 Å². The normalized spacial score (nSPS) is 25.9. The summed E-state index contributed by atoms with van der Waals surface area (Å²) in [7, 11) is 0. The first-order valence-electron chi connectivity index (χ1n) is 7.18. The highest BCUT2D eigenvalue weighted by Crippen LogP contribution is 2.39. The van der Waals surface area contributed by atoms with Gasteiger partial charge in [-0.15, -0.1) is 6.42 Å². The van der Waals surface area contributed by atoms with Gasteiger partial charge >= 0.3 is 0 Å². The van der Waals surface area contributed by atoms with Crippen LogP contribution in [0.4, 0.5) is 5.82 Å². The van der Waals surface area contributed by atoms with Gasteiger partial charge in [0, 0.05) is 0 Å². The van der Waals surface area contributed by atoms with Crippen LogP contribution < -0.4 is 5.73 Å². The van der Waals surface area contributed by atoms with Crippen molar-refractivity contribution >= 4 is 17.0 Å². The zero-order valence-corrected chi connectivity index (χ0v) is 12.1. The molecule has 0 unspecified atom stereocenters. The van der Waals surface area contributed by atoms with Gasteiger partial charge in [-0.1, -0.05) is 19.3 Å². The fraction of sp³-hybridized carbons (Fsp3) is 0.533. The first kappa shape index (κ1) is 13.8. The number of fused-ring (bicyclic) bond motifs is 1. The van der Waals surface area contributed by atoms with E-state index in [1.807, 2.05) is 0 Å². The molecule has 110 valence electrons. The fourth-order valence-electron chi connectivity index (χ4n) is 3.11. The summed E-state index contributed by atoms with van der Waals surface area (Å²) in [5, 5.41) is 10.9. The first-order chi connectivity index (χ1) is 10.0. The van der Waals surface area contributed by atoms with Crippen LogP contribution in [0.3, 0.4) is 0 Å². The van der Waals surface area contributed by atoms with Crippen LogP contribution >= 0.6 is 0 Å². The molecular weight excluding hydrogens is 266 g/mol. The maximum Gasteiger partial charge on any atom is 0.166 e. The highest BCUT2D eigenvalue weighted by Gasteiger charge is 2.37. The predicted octanol–water partition coefficient (Wildman–Crippen LogP) is 1.44. The standard InChI is InChI=1S/C15H19N5O/c1-3-7-20-9-17-11-12(16)18-14(19-13(11)20)15(21)6-4-5-10(2)8-15/h1,9-10,21H,4-8H2,2H3,(H2,16,18,19)/t10-,15+/m1/s1. The van der Waals surface area contributed by atoms with Crippen LogP contribution in [0, 0.1) is 18.3 Å². The summed E-state index contributed by atoms with van der Waals surface area (Å²) in [6.07, 6.45) is 10.3. The molecule has 1 aliphatic carbocycles. The van der Waals surface area contributed by atoms with Crippen molar-refractivity contribution in [1.82, 2.24) is 19.5 Å². The van der Waals surface area contributed by atoms with Gasteiger partial charge in [0.1, 0.15) is 11.1 Å². The van der Waals surface area contributed by atoms with Crippen LogP contribution in [-0.4, -0.2) is 24.6 Å². The van der Waals surface area contributed by atoms with Gasteiger partial charge in [0.25, 0.3) is 0 Å². The second-order valence-corrected chi connectivity index (χ2v) is 5.91. The molecule has 1 fully saturated rings. The van der Waals surface area contributed by atoms with Crippen molar-refractivity contribution in [3.05, 3.63) is 12.2 Å². The Balaban J connectivity index is 2.11. The summed E-state index contributed by atoms with van der Waals surface area (Å²) in [4.78, 5) is 13.0. The lowest BCUT2D eigenvalue weighted by atomic mass is 9.78. The quantitative estimate of drug-likeness (QED) is 0.815. The van der Waals surface area contributed by atoms with Crippen molar-refractivity contribution in [2.45, 2.75) is 44.8 Å². The number of nitrogens with two attached hydrogens (primary N) is 1. The molecule has 6 nitrogen and oxygen atoms in total. The number of imidazole rings is 1. The van der Waals surface area contributed by atoms with Gasteiger partial charge in [-0.2, -0.15) is 0 Å². The molecule has 3 rings (SSSR count). The van der Waals surface area contributed by atoms with Crippen LogP contribution in [0.25, 0.3) is 11.2 Å². The number of nitrogen functional groups attached to an aromatic ring is 1. The minimum atomic E-state index is -1.01. The predicted molar refractivity (Wildman–Crippen MR) is 80.1 cm³/mol. The third-order valence-electron chi connectivity index (χ3n) is 4.14. The SMILES string of the molecule is C#CCn1cnc2c(N)nc([C@]3(O)CCC[C@@H](C)C3)nc21. The van der Waals surface area contributed by atoms with E-state index in [1.165, 1.54) is 0 Å². The molecule has 0 radical (unpaired) electrons. The number of nitrogens with zero attached hydrogens (tertiary/aromatic N) is 4. The molecule has 2 aromatic heterocycles. The van der Waals surface area contributed by atoms with Crippen LogP contribution in [0.2, 0.25) is 0 Å². The zero-order valence-electron chi connectivity index (χ0n) is 12.1. The van der Waals surface area contributed by atoms with E-state index in [2.05, 4.69) is 27.8 Å². The number of hydrogen-bond donors (Lipinski definition) is 2. The third kappa shape index (κ3) is 2.34. The van der Waals surface area contributed by atoms with Gasteiger partial charge in [-0.25, -0.2) is 15.0 Å². The summed E-state index contributed by atoms with van der Waals surface area (Å²) >= 11 is 0. The molecule has 21 heavy (non-hydrogen) atoms. The fourth-order valence-corrected chi connectivity index (χ4v) is 3.11. The van der Waals surface area contributed by atoms with E-state index in [-0.39, 0.29) is 5.82 Å². The van der Waals surface area contributed by atoms with E-state index in [9.17, 15) is 5.11 Å². The summed E-state index contributed by atoms with van der Waals surface area (Å²) < 4.78 is 1.74. The molecular formula is C15H19N5O. The van der Waals surface area contributed by atoms with Crippen molar-refractivity contribution < 1.29 is 5.11 Å². The number of aromatic nitrogens is 4. The Morgan fingerprint density at radius 3 is 3.10 bits per heavy atom. The maximum atomic E-state index is 10.9. The Morgan fingerprint density at radius 1 is 1.57 bits per heavy atom. The van der Waals surface area contributed by atoms with E-state index in [0.717, 1.165) is 12.8 Å². The topological polar surface area (TPSA) is 89.9 Å². The van der Waals surface area contributed by atoms with E-state index in [0.29, 0.717) is 42.3 Å². The summed E-state index contributed by atoms with van der Waals surface area (Å²) in [6, 6.07) is 0.